The van der Waals surface area contributed by atoms with Gasteiger partial charge in [0.15, 0.2) is 0 Å². The lowest BCUT2D eigenvalue weighted by Gasteiger charge is -2.31. The first kappa shape index (κ1) is 16.9. The van der Waals surface area contributed by atoms with Gasteiger partial charge in [-0.15, -0.1) is 0 Å². The second-order valence-corrected chi connectivity index (χ2v) is 7.30. The smallest absolute Gasteiger partial charge is 0.129 e. The Kier molecular flexibility index (Phi) is 4.05. The van der Waals surface area contributed by atoms with E-state index in [2.05, 4.69) is 31.2 Å². The van der Waals surface area contributed by atoms with Crippen molar-refractivity contribution >= 4 is 16.7 Å². The number of H-pyrrole nitrogens is 1. The van der Waals surface area contributed by atoms with Crippen LogP contribution in [0.1, 0.15) is 12.8 Å². The molecule has 0 saturated carbocycles. The zero-order chi connectivity index (χ0) is 19.1. The molecule has 142 valence electrons. The molecule has 4 aromatic heterocycles. The molecule has 1 aliphatic rings. The van der Waals surface area contributed by atoms with Gasteiger partial charge in [0, 0.05) is 43.3 Å². The van der Waals surface area contributed by atoms with Crippen molar-refractivity contribution < 1.29 is 0 Å². The Hall–Kier alpha value is -3.26. The molecule has 1 aliphatic heterocycles. The predicted molar refractivity (Wildman–Crippen MR) is 109 cm³/mol. The molecule has 1 fully saturated rings. The molecule has 28 heavy (non-hydrogen) atoms. The number of hydrogen-bond donors (Lipinski definition) is 2. The number of nitrogens with two attached hydrogens (primary N) is 1. The molecule has 3 N–H and O–H groups in total. The van der Waals surface area contributed by atoms with Crippen LogP contribution in [0.5, 0.6) is 0 Å². The molecule has 0 atom stereocenters. The molecule has 0 radical (unpaired) electrons. The van der Waals surface area contributed by atoms with Crippen molar-refractivity contribution in [3.63, 3.8) is 0 Å². The van der Waals surface area contributed by atoms with Crippen LogP contribution in [-0.4, -0.2) is 49.1 Å². The van der Waals surface area contributed by atoms with Gasteiger partial charge in [0.25, 0.3) is 0 Å². The number of hydrogen-bond acceptors (Lipinski definition) is 6. The summed E-state index contributed by atoms with van der Waals surface area (Å²) in [6, 6.07) is 8.43. The largest absolute Gasteiger partial charge is 0.356 e. The van der Waals surface area contributed by atoms with Gasteiger partial charge in [-0.2, -0.15) is 10.2 Å². The number of anilines is 1. The number of aromatic nitrogens is 6. The van der Waals surface area contributed by atoms with E-state index >= 15 is 0 Å². The van der Waals surface area contributed by atoms with E-state index in [0.29, 0.717) is 6.04 Å². The van der Waals surface area contributed by atoms with Gasteiger partial charge >= 0.3 is 0 Å². The number of nitrogens with one attached hydrogen (secondary N) is 1. The van der Waals surface area contributed by atoms with E-state index in [1.165, 1.54) is 0 Å². The Balaban J connectivity index is 1.53. The Morgan fingerprint density at radius 2 is 2.00 bits per heavy atom. The van der Waals surface area contributed by atoms with Gasteiger partial charge in [-0.05, 0) is 31.0 Å². The van der Waals surface area contributed by atoms with E-state index in [-0.39, 0.29) is 0 Å². The van der Waals surface area contributed by atoms with Crippen molar-refractivity contribution in [1.82, 2.24) is 29.9 Å². The Morgan fingerprint density at radius 1 is 1.14 bits per heavy atom. The van der Waals surface area contributed by atoms with Crippen molar-refractivity contribution in [1.29, 1.82) is 0 Å². The molecule has 0 bridgehead atoms. The van der Waals surface area contributed by atoms with E-state index in [1.54, 1.807) is 4.68 Å². The third kappa shape index (κ3) is 3.01. The SMILES string of the molecule is Cn1cc(-c2cc3c(-c4cccc(N5CCC(N)CC5)n4)n[nH]c3cn2)cn1. The molecule has 0 amide bonds. The zero-order valence-electron chi connectivity index (χ0n) is 15.7. The van der Waals surface area contributed by atoms with E-state index in [4.69, 9.17) is 10.7 Å². The van der Waals surface area contributed by atoms with Crippen molar-refractivity contribution in [3.8, 4) is 22.6 Å². The molecule has 5 heterocycles. The first-order valence-corrected chi connectivity index (χ1v) is 9.48. The number of nitrogens with zero attached hydrogens (tertiary/aromatic N) is 6. The van der Waals surface area contributed by atoms with Crippen LogP contribution in [0, 0.1) is 0 Å². The van der Waals surface area contributed by atoms with Crippen LogP contribution in [0.15, 0.2) is 42.9 Å². The minimum atomic E-state index is 0.299. The van der Waals surface area contributed by atoms with Crippen LogP contribution in [0.3, 0.4) is 0 Å². The second-order valence-electron chi connectivity index (χ2n) is 7.30. The van der Waals surface area contributed by atoms with Crippen molar-refractivity contribution in [2.24, 2.45) is 12.8 Å². The van der Waals surface area contributed by atoms with Gasteiger partial charge in [-0.1, -0.05) is 6.07 Å². The topological polar surface area (TPSA) is 102 Å². The number of rotatable bonds is 3. The number of pyridine rings is 2. The molecule has 4 aromatic rings. The molecular weight excluding hydrogens is 352 g/mol. The second kappa shape index (κ2) is 6.72. The van der Waals surface area contributed by atoms with Crippen molar-refractivity contribution in [2.45, 2.75) is 18.9 Å². The Bertz CT molecular complexity index is 1120. The number of aromatic amines is 1. The highest BCUT2D eigenvalue weighted by Crippen LogP contribution is 2.29. The fraction of sp³-hybridized carbons (Fsp3) is 0.300. The lowest BCUT2D eigenvalue weighted by atomic mass is 10.1. The lowest BCUT2D eigenvalue weighted by Crippen LogP contribution is -2.40. The summed E-state index contributed by atoms with van der Waals surface area (Å²) < 4.78 is 1.77. The first-order chi connectivity index (χ1) is 13.7. The Labute approximate surface area is 162 Å². The predicted octanol–water partition coefficient (Wildman–Crippen LogP) is 2.35. The molecular formula is C20H22N8. The maximum atomic E-state index is 6.03. The zero-order valence-corrected chi connectivity index (χ0v) is 15.7. The monoisotopic (exact) mass is 374 g/mol. The molecule has 0 unspecified atom stereocenters. The van der Waals surface area contributed by atoms with Gasteiger partial charge in [-0.25, -0.2) is 4.98 Å². The number of fused-ring (bicyclic) bond motifs is 1. The first-order valence-electron chi connectivity index (χ1n) is 9.48. The van der Waals surface area contributed by atoms with Gasteiger partial charge < -0.3 is 10.6 Å². The van der Waals surface area contributed by atoms with Crippen LogP contribution < -0.4 is 10.6 Å². The summed E-state index contributed by atoms with van der Waals surface area (Å²) in [6.45, 7) is 1.88. The van der Waals surface area contributed by atoms with E-state index in [0.717, 1.165) is 65.3 Å². The summed E-state index contributed by atoms with van der Waals surface area (Å²) in [4.78, 5) is 11.7. The highest BCUT2D eigenvalue weighted by atomic mass is 15.2. The highest BCUT2D eigenvalue weighted by molar-refractivity contribution is 5.93. The number of piperidine rings is 1. The van der Waals surface area contributed by atoms with E-state index < -0.39 is 0 Å². The van der Waals surface area contributed by atoms with Crippen LogP contribution >= 0.6 is 0 Å². The van der Waals surface area contributed by atoms with Crippen LogP contribution in [0.25, 0.3) is 33.5 Å². The minimum Gasteiger partial charge on any atom is -0.356 e. The summed E-state index contributed by atoms with van der Waals surface area (Å²) in [5, 5.41) is 12.8. The quantitative estimate of drug-likeness (QED) is 0.571. The molecule has 0 spiro atoms. The summed E-state index contributed by atoms with van der Waals surface area (Å²) in [6.07, 6.45) is 7.57. The summed E-state index contributed by atoms with van der Waals surface area (Å²) in [5.41, 5.74) is 10.4. The fourth-order valence-corrected chi connectivity index (χ4v) is 3.68. The normalized spacial score (nSPS) is 15.4. The van der Waals surface area contributed by atoms with Crippen LogP contribution in [0.2, 0.25) is 0 Å². The molecule has 8 heteroatoms. The summed E-state index contributed by atoms with van der Waals surface area (Å²) in [5.74, 6) is 0.974. The lowest BCUT2D eigenvalue weighted by molar-refractivity contribution is 0.499. The average Bonchev–Trinajstić information content (AvgIpc) is 3.34. The molecule has 0 aliphatic carbocycles. The Morgan fingerprint density at radius 3 is 2.79 bits per heavy atom. The fourth-order valence-electron chi connectivity index (χ4n) is 3.68. The summed E-state index contributed by atoms with van der Waals surface area (Å²) >= 11 is 0. The van der Waals surface area contributed by atoms with E-state index in [9.17, 15) is 0 Å². The van der Waals surface area contributed by atoms with Crippen LogP contribution in [-0.2, 0) is 7.05 Å². The maximum absolute atomic E-state index is 6.03. The van der Waals surface area contributed by atoms with Gasteiger partial charge in [-0.3, -0.25) is 14.8 Å². The third-order valence-electron chi connectivity index (χ3n) is 5.29. The van der Waals surface area contributed by atoms with Gasteiger partial charge in [0.05, 0.1) is 29.3 Å². The van der Waals surface area contributed by atoms with Gasteiger partial charge in [0.2, 0.25) is 0 Å². The standard InChI is InChI=1S/C20H22N8/c1-27-12-13(10-23-27)17-9-15-18(11-22-17)25-26-20(15)16-3-2-4-19(24-16)28-7-5-14(21)6-8-28/h2-4,9-12,14H,5-8,21H2,1H3,(H,25,26). The minimum absolute atomic E-state index is 0.299. The van der Waals surface area contributed by atoms with Crippen LogP contribution in [0.4, 0.5) is 5.82 Å². The maximum Gasteiger partial charge on any atom is 0.129 e. The van der Waals surface area contributed by atoms with Crippen molar-refractivity contribution in [2.75, 3.05) is 18.0 Å². The average molecular weight is 374 g/mol. The molecule has 0 aromatic carbocycles. The van der Waals surface area contributed by atoms with Crippen molar-refractivity contribution in [3.05, 3.63) is 42.9 Å². The molecule has 8 nitrogen and oxygen atoms in total. The third-order valence-corrected chi connectivity index (χ3v) is 5.29. The van der Waals surface area contributed by atoms with E-state index in [1.807, 2.05) is 43.8 Å². The molecule has 5 rings (SSSR count). The number of aryl methyl sites for hydroxylation is 1. The molecule has 1 saturated heterocycles. The van der Waals surface area contributed by atoms with Gasteiger partial charge in [0.1, 0.15) is 11.5 Å². The highest BCUT2D eigenvalue weighted by Gasteiger charge is 2.19. The summed E-state index contributed by atoms with van der Waals surface area (Å²) in [7, 11) is 1.90.